The highest BCUT2D eigenvalue weighted by molar-refractivity contribution is 5.78. The Balaban J connectivity index is 1.27. The van der Waals surface area contributed by atoms with Crippen LogP contribution in [-0.2, 0) is 9.53 Å². The average molecular weight is 413 g/mol. The van der Waals surface area contributed by atoms with Gasteiger partial charge in [0, 0.05) is 45.3 Å². The van der Waals surface area contributed by atoms with Crippen LogP contribution in [-0.4, -0.2) is 87.2 Å². The molecule has 0 atom stereocenters. The first kappa shape index (κ1) is 20.2. The second-order valence-corrected chi connectivity index (χ2v) is 7.20. The molecule has 2 aliphatic heterocycles. The normalized spacial score (nSPS) is 17.0. The first-order chi connectivity index (χ1) is 14.7. The molecule has 0 bridgehead atoms. The summed E-state index contributed by atoms with van der Waals surface area (Å²) in [7, 11) is 1.61. The SMILES string of the molecule is COc1ccc(OCC(=O)N2CCN(c3cc(N4CCOCC4)cnn3)CC2)cc1. The number of anilines is 2. The molecule has 30 heavy (non-hydrogen) atoms. The van der Waals surface area contributed by atoms with Crippen LogP contribution in [0, 0.1) is 0 Å². The van der Waals surface area contributed by atoms with E-state index in [1.165, 1.54) is 0 Å². The molecule has 1 amide bonds. The van der Waals surface area contributed by atoms with Gasteiger partial charge < -0.3 is 28.9 Å². The van der Waals surface area contributed by atoms with Gasteiger partial charge in [0.25, 0.3) is 5.91 Å². The van der Waals surface area contributed by atoms with Gasteiger partial charge in [0.15, 0.2) is 12.4 Å². The van der Waals surface area contributed by atoms with E-state index in [-0.39, 0.29) is 12.5 Å². The molecule has 2 aromatic rings. The Morgan fingerprint density at radius 2 is 1.70 bits per heavy atom. The van der Waals surface area contributed by atoms with Crippen molar-refractivity contribution in [2.45, 2.75) is 0 Å². The van der Waals surface area contributed by atoms with Crippen LogP contribution in [0.25, 0.3) is 0 Å². The Labute approximate surface area is 176 Å². The van der Waals surface area contributed by atoms with Crippen LogP contribution < -0.4 is 19.3 Å². The monoisotopic (exact) mass is 413 g/mol. The van der Waals surface area contributed by atoms with Crippen molar-refractivity contribution in [3.63, 3.8) is 0 Å². The Morgan fingerprint density at radius 1 is 1.00 bits per heavy atom. The second-order valence-electron chi connectivity index (χ2n) is 7.20. The van der Waals surface area contributed by atoms with E-state index in [0.29, 0.717) is 18.8 Å². The van der Waals surface area contributed by atoms with Gasteiger partial charge in [-0.3, -0.25) is 4.79 Å². The van der Waals surface area contributed by atoms with Crippen LogP contribution in [0.2, 0.25) is 0 Å². The molecule has 2 fully saturated rings. The zero-order valence-corrected chi connectivity index (χ0v) is 17.2. The number of piperazine rings is 1. The van der Waals surface area contributed by atoms with Crippen molar-refractivity contribution >= 4 is 17.4 Å². The third kappa shape index (κ3) is 4.91. The Morgan fingerprint density at radius 3 is 2.40 bits per heavy atom. The van der Waals surface area contributed by atoms with Crippen molar-refractivity contribution in [1.29, 1.82) is 0 Å². The molecule has 1 aromatic heterocycles. The number of rotatable bonds is 6. The Hall–Kier alpha value is -3.07. The van der Waals surface area contributed by atoms with Crippen LogP contribution in [0.4, 0.5) is 11.5 Å². The molecule has 9 heteroatoms. The van der Waals surface area contributed by atoms with Crippen molar-refractivity contribution in [1.82, 2.24) is 15.1 Å². The maximum Gasteiger partial charge on any atom is 0.260 e. The predicted octanol–water partition coefficient (Wildman–Crippen LogP) is 1.05. The number of aromatic nitrogens is 2. The first-order valence-electron chi connectivity index (χ1n) is 10.2. The van der Waals surface area contributed by atoms with Crippen molar-refractivity contribution in [2.24, 2.45) is 0 Å². The highest BCUT2D eigenvalue weighted by atomic mass is 16.5. The Kier molecular flexibility index (Phi) is 6.48. The minimum Gasteiger partial charge on any atom is -0.497 e. The summed E-state index contributed by atoms with van der Waals surface area (Å²) in [6, 6.07) is 9.28. The van der Waals surface area contributed by atoms with Crippen LogP contribution in [0.3, 0.4) is 0 Å². The smallest absolute Gasteiger partial charge is 0.260 e. The minimum atomic E-state index is -0.0152. The van der Waals surface area contributed by atoms with Gasteiger partial charge >= 0.3 is 0 Å². The summed E-state index contributed by atoms with van der Waals surface area (Å²) < 4.78 is 16.2. The molecule has 1 aromatic carbocycles. The molecule has 0 N–H and O–H groups in total. The fourth-order valence-corrected chi connectivity index (χ4v) is 3.59. The molecule has 4 rings (SSSR count). The molecule has 0 saturated carbocycles. The molecule has 0 spiro atoms. The lowest BCUT2D eigenvalue weighted by atomic mass is 10.3. The van der Waals surface area contributed by atoms with E-state index in [0.717, 1.165) is 56.6 Å². The number of methoxy groups -OCH3 is 1. The lowest BCUT2D eigenvalue weighted by Crippen LogP contribution is -2.50. The van der Waals surface area contributed by atoms with Gasteiger partial charge in [-0.2, -0.15) is 5.10 Å². The summed E-state index contributed by atoms with van der Waals surface area (Å²) in [5.74, 6) is 2.24. The van der Waals surface area contributed by atoms with Gasteiger partial charge in [-0.05, 0) is 24.3 Å². The van der Waals surface area contributed by atoms with Gasteiger partial charge in [0.05, 0.1) is 32.2 Å². The third-order valence-electron chi connectivity index (χ3n) is 5.38. The maximum absolute atomic E-state index is 12.5. The summed E-state index contributed by atoms with van der Waals surface area (Å²) >= 11 is 0. The second kappa shape index (κ2) is 9.62. The number of carbonyl (C=O) groups is 1. The van der Waals surface area contributed by atoms with E-state index in [4.69, 9.17) is 14.2 Å². The van der Waals surface area contributed by atoms with Gasteiger partial charge in [-0.1, -0.05) is 0 Å². The number of hydrogen-bond acceptors (Lipinski definition) is 8. The van der Waals surface area contributed by atoms with E-state index in [2.05, 4.69) is 26.1 Å². The number of amides is 1. The van der Waals surface area contributed by atoms with Crippen molar-refractivity contribution in [3.05, 3.63) is 36.5 Å². The molecule has 2 aliphatic rings. The van der Waals surface area contributed by atoms with Crippen LogP contribution in [0.1, 0.15) is 0 Å². The van der Waals surface area contributed by atoms with Gasteiger partial charge in [-0.25, -0.2) is 0 Å². The topological polar surface area (TPSA) is 80.3 Å². The van der Waals surface area contributed by atoms with Crippen LogP contribution in [0.15, 0.2) is 36.5 Å². The van der Waals surface area contributed by atoms with Gasteiger partial charge in [-0.15, -0.1) is 5.10 Å². The number of hydrogen-bond donors (Lipinski definition) is 0. The van der Waals surface area contributed by atoms with E-state index >= 15 is 0 Å². The standard InChI is InChI=1S/C21H27N5O4/c1-28-18-2-4-19(5-3-18)30-16-21(27)26-8-6-25(7-9-26)20-14-17(15-22-23-20)24-10-12-29-13-11-24/h2-5,14-15H,6-13,16H2,1H3. The number of carbonyl (C=O) groups excluding carboxylic acids is 1. The van der Waals surface area contributed by atoms with E-state index < -0.39 is 0 Å². The molecule has 2 saturated heterocycles. The van der Waals surface area contributed by atoms with Gasteiger partial charge in [0.2, 0.25) is 0 Å². The van der Waals surface area contributed by atoms with E-state index in [9.17, 15) is 4.79 Å². The number of ether oxygens (including phenoxy) is 3. The predicted molar refractivity (Wildman–Crippen MR) is 112 cm³/mol. The van der Waals surface area contributed by atoms with Crippen LogP contribution in [0.5, 0.6) is 11.5 Å². The summed E-state index contributed by atoms with van der Waals surface area (Å²) in [5, 5.41) is 8.48. The molecule has 0 aliphatic carbocycles. The number of nitrogens with zero attached hydrogens (tertiary/aromatic N) is 5. The van der Waals surface area contributed by atoms with Crippen molar-refractivity contribution in [3.8, 4) is 11.5 Å². The minimum absolute atomic E-state index is 0.0152. The molecular formula is C21H27N5O4. The molecule has 3 heterocycles. The molecule has 0 unspecified atom stereocenters. The van der Waals surface area contributed by atoms with Crippen molar-refractivity contribution in [2.75, 3.05) is 76.0 Å². The highest BCUT2D eigenvalue weighted by Gasteiger charge is 2.23. The number of morpholine rings is 1. The highest BCUT2D eigenvalue weighted by Crippen LogP contribution is 2.21. The number of benzene rings is 1. The average Bonchev–Trinajstić information content (AvgIpc) is 2.83. The fraction of sp³-hybridized carbons (Fsp3) is 0.476. The third-order valence-corrected chi connectivity index (χ3v) is 5.38. The fourth-order valence-electron chi connectivity index (χ4n) is 3.59. The molecular weight excluding hydrogens is 386 g/mol. The molecule has 9 nitrogen and oxygen atoms in total. The lowest BCUT2D eigenvalue weighted by Gasteiger charge is -2.35. The zero-order valence-electron chi connectivity index (χ0n) is 17.2. The summed E-state index contributed by atoms with van der Waals surface area (Å²) in [4.78, 5) is 18.8. The maximum atomic E-state index is 12.5. The first-order valence-corrected chi connectivity index (χ1v) is 10.2. The zero-order chi connectivity index (χ0) is 20.8. The van der Waals surface area contributed by atoms with Crippen LogP contribution >= 0.6 is 0 Å². The summed E-state index contributed by atoms with van der Waals surface area (Å²) in [6.45, 7) is 5.92. The quantitative estimate of drug-likeness (QED) is 0.695. The van der Waals surface area contributed by atoms with E-state index in [1.54, 1.807) is 25.4 Å². The largest absolute Gasteiger partial charge is 0.497 e. The molecule has 0 radical (unpaired) electrons. The lowest BCUT2D eigenvalue weighted by molar-refractivity contribution is -0.133. The molecule has 160 valence electrons. The summed E-state index contributed by atoms with van der Waals surface area (Å²) in [5.41, 5.74) is 1.06. The van der Waals surface area contributed by atoms with Gasteiger partial charge in [0.1, 0.15) is 11.5 Å². The van der Waals surface area contributed by atoms with Crippen molar-refractivity contribution < 1.29 is 19.0 Å². The summed E-state index contributed by atoms with van der Waals surface area (Å²) in [6.07, 6.45) is 1.80. The van der Waals surface area contributed by atoms with E-state index in [1.807, 2.05) is 17.0 Å². The Bertz CT molecular complexity index is 834.